The Morgan fingerprint density at radius 2 is 1.85 bits per heavy atom. The Morgan fingerprint density at radius 1 is 1.10 bits per heavy atom. The Balaban J connectivity index is 1.93. The van der Waals surface area contributed by atoms with Crippen LogP contribution in [0.1, 0.15) is 12.5 Å². The topological polar surface area (TPSA) is 12.5 Å². The van der Waals surface area contributed by atoms with Gasteiger partial charge in [0.2, 0.25) is 0 Å². The first-order valence-electron chi connectivity index (χ1n) is 6.89. The summed E-state index contributed by atoms with van der Waals surface area (Å²) in [7, 11) is 0. The molecule has 20 heavy (non-hydrogen) atoms. The van der Waals surface area contributed by atoms with Crippen LogP contribution in [0.2, 0.25) is 5.02 Å². The lowest BCUT2D eigenvalue weighted by Gasteiger charge is -2.23. The lowest BCUT2D eigenvalue weighted by molar-refractivity contribution is 0.324. The fourth-order valence-corrected chi connectivity index (χ4v) is 2.27. The normalized spacial score (nSPS) is 10.3. The molecule has 2 nitrogen and oxygen atoms in total. The lowest BCUT2D eigenvalue weighted by atomic mass is 10.2. The third-order valence-electron chi connectivity index (χ3n) is 3.21. The van der Waals surface area contributed by atoms with Gasteiger partial charge in [-0.05, 0) is 43.7 Å². The van der Waals surface area contributed by atoms with E-state index < -0.39 is 0 Å². The lowest BCUT2D eigenvalue weighted by Crippen LogP contribution is -2.27. The molecule has 2 aromatic carbocycles. The molecule has 0 fully saturated rings. The number of rotatable bonds is 6. The van der Waals surface area contributed by atoms with Gasteiger partial charge in [-0.15, -0.1) is 0 Å². The molecular weight excluding hydrogens is 270 g/mol. The number of aryl methyl sites for hydroxylation is 1. The predicted molar refractivity (Wildman–Crippen MR) is 86.0 cm³/mol. The first kappa shape index (κ1) is 14.7. The van der Waals surface area contributed by atoms with Gasteiger partial charge >= 0.3 is 0 Å². The molecule has 0 saturated carbocycles. The van der Waals surface area contributed by atoms with Gasteiger partial charge in [-0.25, -0.2) is 0 Å². The quantitative estimate of drug-likeness (QED) is 0.773. The summed E-state index contributed by atoms with van der Waals surface area (Å²) in [4.78, 5) is 2.28. The first-order chi connectivity index (χ1) is 9.70. The molecule has 0 saturated heterocycles. The first-order valence-corrected chi connectivity index (χ1v) is 7.27. The van der Waals surface area contributed by atoms with Crippen molar-refractivity contribution in [3.63, 3.8) is 0 Å². The van der Waals surface area contributed by atoms with Crippen LogP contribution in [-0.2, 0) is 0 Å². The average Bonchev–Trinajstić information content (AvgIpc) is 2.48. The van der Waals surface area contributed by atoms with Crippen molar-refractivity contribution in [2.24, 2.45) is 0 Å². The second kappa shape index (κ2) is 7.20. The maximum atomic E-state index is 6.12. The molecule has 0 aromatic heterocycles. The molecule has 2 rings (SSSR count). The van der Waals surface area contributed by atoms with Gasteiger partial charge in [0, 0.05) is 12.2 Å². The molecule has 0 bridgehead atoms. The van der Waals surface area contributed by atoms with Crippen LogP contribution in [0.5, 0.6) is 5.75 Å². The Morgan fingerprint density at radius 3 is 2.55 bits per heavy atom. The van der Waals surface area contributed by atoms with Gasteiger partial charge in [0.15, 0.2) is 0 Å². The molecule has 106 valence electrons. The number of halogens is 1. The Hall–Kier alpha value is -1.67. The number of hydrogen-bond donors (Lipinski definition) is 0. The van der Waals surface area contributed by atoms with Gasteiger partial charge in [-0.2, -0.15) is 0 Å². The van der Waals surface area contributed by atoms with Crippen LogP contribution >= 0.6 is 11.6 Å². The molecule has 0 spiro atoms. The van der Waals surface area contributed by atoms with Gasteiger partial charge < -0.3 is 9.64 Å². The van der Waals surface area contributed by atoms with E-state index in [2.05, 4.69) is 36.1 Å². The number of ether oxygens (including phenoxy) is 1. The van der Waals surface area contributed by atoms with Crippen LogP contribution in [0.15, 0.2) is 48.5 Å². The van der Waals surface area contributed by atoms with Crippen molar-refractivity contribution in [2.45, 2.75) is 13.8 Å². The van der Waals surface area contributed by atoms with E-state index in [4.69, 9.17) is 16.3 Å². The minimum absolute atomic E-state index is 0.617. The summed E-state index contributed by atoms with van der Waals surface area (Å²) in [5, 5.41) is 0.665. The monoisotopic (exact) mass is 289 g/mol. The van der Waals surface area contributed by atoms with Gasteiger partial charge in [-0.1, -0.05) is 35.9 Å². The molecule has 0 N–H and O–H groups in total. The van der Waals surface area contributed by atoms with Crippen molar-refractivity contribution >= 4 is 17.3 Å². The highest BCUT2D eigenvalue weighted by Gasteiger charge is 2.05. The number of anilines is 1. The van der Waals surface area contributed by atoms with Gasteiger partial charge in [0.1, 0.15) is 12.4 Å². The van der Waals surface area contributed by atoms with Crippen LogP contribution in [0.3, 0.4) is 0 Å². The van der Waals surface area contributed by atoms with Crippen LogP contribution in [0, 0.1) is 6.92 Å². The summed E-state index contributed by atoms with van der Waals surface area (Å²) in [6.07, 6.45) is 0. The summed E-state index contributed by atoms with van der Waals surface area (Å²) < 4.78 is 5.80. The van der Waals surface area contributed by atoms with E-state index in [1.54, 1.807) is 0 Å². The maximum absolute atomic E-state index is 6.12. The number of likely N-dealkylation sites (N-methyl/N-ethyl adjacent to an activating group) is 1. The number of para-hydroxylation sites is 1. The molecule has 0 heterocycles. The van der Waals surface area contributed by atoms with Crippen molar-refractivity contribution in [3.05, 3.63) is 59.1 Å². The smallest absolute Gasteiger partial charge is 0.138 e. The average molecular weight is 290 g/mol. The van der Waals surface area contributed by atoms with E-state index >= 15 is 0 Å². The van der Waals surface area contributed by atoms with Crippen molar-refractivity contribution < 1.29 is 4.74 Å². The molecule has 2 aromatic rings. The highest BCUT2D eigenvalue weighted by Crippen LogP contribution is 2.25. The van der Waals surface area contributed by atoms with Crippen LogP contribution < -0.4 is 9.64 Å². The van der Waals surface area contributed by atoms with E-state index in [0.29, 0.717) is 11.6 Å². The largest absolute Gasteiger partial charge is 0.490 e. The molecule has 0 aliphatic rings. The Bertz CT molecular complexity index is 542. The van der Waals surface area contributed by atoms with Crippen molar-refractivity contribution in [3.8, 4) is 5.75 Å². The van der Waals surface area contributed by atoms with Crippen molar-refractivity contribution in [1.29, 1.82) is 0 Å². The summed E-state index contributed by atoms with van der Waals surface area (Å²) in [6.45, 7) is 6.59. The molecule has 0 aliphatic heterocycles. The van der Waals surface area contributed by atoms with Crippen LogP contribution in [0.4, 0.5) is 5.69 Å². The van der Waals surface area contributed by atoms with Gasteiger partial charge in [-0.3, -0.25) is 0 Å². The van der Waals surface area contributed by atoms with E-state index in [9.17, 15) is 0 Å². The fraction of sp³-hybridized carbons (Fsp3) is 0.294. The molecule has 0 atom stereocenters. The zero-order chi connectivity index (χ0) is 14.4. The second-order valence-corrected chi connectivity index (χ2v) is 5.10. The summed E-state index contributed by atoms with van der Waals surface area (Å²) in [5.74, 6) is 0.760. The third kappa shape index (κ3) is 3.91. The Kier molecular flexibility index (Phi) is 5.31. The zero-order valence-corrected chi connectivity index (χ0v) is 12.7. The van der Waals surface area contributed by atoms with E-state index in [1.165, 1.54) is 5.69 Å². The minimum atomic E-state index is 0.617. The van der Waals surface area contributed by atoms with E-state index in [1.807, 2.05) is 31.2 Å². The van der Waals surface area contributed by atoms with Crippen LogP contribution in [0.25, 0.3) is 0 Å². The van der Waals surface area contributed by atoms with Gasteiger partial charge in [0.25, 0.3) is 0 Å². The number of nitrogens with zero attached hydrogens (tertiary/aromatic N) is 1. The van der Waals surface area contributed by atoms with Crippen LogP contribution in [-0.4, -0.2) is 19.7 Å². The number of benzene rings is 2. The minimum Gasteiger partial charge on any atom is -0.490 e. The molecule has 3 heteroatoms. The highest BCUT2D eigenvalue weighted by molar-refractivity contribution is 6.32. The number of hydrogen-bond acceptors (Lipinski definition) is 2. The molecule has 0 aliphatic carbocycles. The maximum Gasteiger partial charge on any atom is 0.138 e. The molecule has 0 unspecified atom stereocenters. The van der Waals surface area contributed by atoms with Crippen molar-refractivity contribution in [2.75, 3.05) is 24.6 Å². The fourth-order valence-electron chi connectivity index (χ4n) is 2.10. The standard InChI is InChI=1S/C17H20ClNO/c1-3-19(15-7-5-4-6-8-15)11-12-20-17-13-14(2)9-10-16(17)18/h4-10,13H,3,11-12H2,1-2H3. The summed E-state index contributed by atoms with van der Waals surface area (Å²) >= 11 is 6.12. The molecular formula is C17H20ClNO. The highest BCUT2D eigenvalue weighted by atomic mass is 35.5. The van der Waals surface area contributed by atoms with E-state index in [0.717, 1.165) is 24.4 Å². The second-order valence-electron chi connectivity index (χ2n) is 4.70. The predicted octanol–water partition coefficient (Wildman–Crippen LogP) is 4.55. The van der Waals surface area contributed by atoms with Crippen molar-refractivity contribution in [1.82, 2.24) is 0 Å². The van der Waals surface area contributed by atoms with Gasteiger partial charge in [0.05, 0.1) is 11.6 Å². The summed E-state index contributed by atoms with van der Waals surface area (Å²) in [5.41, 5.74) is 2.37. The zero-order valence-electron chi connectivity index (χ0n) is 12.0. The molecule has 0 radical (unpaired) electrons. The Labute approximate surface area is 125 Å². The third-order valence-corrected chi connectivity index (χ3v) is 3.52. The molecule has 0 amide bonds. The van der Waals surface area contributed by atoms with E-state index in [-0.39, 0.29) is 0 Å². The summed E-state index contributed by atoms with van der Waals surface area (Å²) in [6, 6.07) is 16.2. The SMILES string of the molecule is CCN(CCOc1cc(C)ccc1Cl)c1ccccc1.